The van der Waals surface area contributed by atoms with Crippen LogP contribution in [0.1, 0.15) is 47.7 Å². The van der Waals surface area contributed by atoms with Gasteiger partial charge in [0.2, 0.25) is 0 Å². The Bertz CT molecular complexity index is 1390. The molecule has 2 fully saturated rings. The average Bonchev–Trinajstić information content (AvgIpc) is 3.58. The molecule has 40 heavy (non-hydrogen) atoms. The fourth-order valence-corrected chi connectivity index (χ4v) is 5.46. The maximum Gasteiger partial charge on any atom is 0.322 e. The van der Waals surface area contributed by atoms with Crippen molar-refractivity contribution in [2.45, 2.75) is 32.4 Å². The molecule has 12 nitrogen and oxygen atoms in total. The number of nitrogen functional groups attached to an aromatic ring is 1. The molecule has 4 heterocycles. The maximum absolute atomic E-state index is 13.3. The summed E-state index contributed by atoms with van der Waals surface area (Å²) in [7, 11) is 1.53. The summed E-state index contributed by atoms with van der Waals surface area (Å²) in [6, 6.07) is 6.06. The van der Waals surface area contributed by atoms with Gasteiger partial charge in [0.25, 0.3) is 11.8 Å². The van der Waals surface area contributed by atoms with Crippen molar-refractivity contribution < 1.29 is 23.5 Å². The minimum absolute atomic E-state index is 0.111. The highest BCUT2D eigenvalue weighted by Crippen LogP contribution is 2.35. The number of rotatable bonds is 8. The first-order valence-electron chi connectivity index (χ1n) is 13.5. The van der Waals surface area contributed by atoms with Gasteiger partial charge in [0, 0.05) is 44.4 Å². The van der Waals surface area contributed by atoms with Gasteiger partial charge in [-0.05, 0) is 42.3 Å². The first-order valence-corrected chi connectivity index (χ1v) is 13.5. The number of amides is 4. The molecule has 1 unspecified atom stereocenters. The molecule has 0 radical (unpaired) electrons. The zero-order valence-corrected chi connectivity index (χ0v) is 23.0. The standard InChI is InChI=1S/C28H35N7O5/c1-4-17(24(30)34-10-8-33(5-2)9-11-34)12-22-21(29)14-23(40-22)28(26(37)31-27(38)32-28)16-35-15-18-6-7-19(39-3)13-20(18)25(35)36/h6-7,12-14,30H,4-5,8-11,15-16,29H2,1-3H3,(H2,31,32,37,38). The molecule has 1 aromatic heterocycles. The smallest absolute Gasteiger partial charge is 0.322 e. The lowest BCUT2D eigenvalue weighted by molar-refractivity contribution is -0.125. The highest BCUT2D eigenvalue weighted by Gasteiger charge is 2.53. The Morgan fingerprint density at radius 1 is 1.18 bits per heavy atom. The molecule has 1 aromatic carbocycles. The number of nitrogens with two attached hydrogens (primary N) is 1. The van der Waals surface area contributed by atoms with Crippen molar-refractivity contribution in [2.75, 3.05) is 52.1 Å². The van der Waals surface area contributed by atoms with Crippen molar-refractivity contribution in [2.24, 2.45) is 0 Å². The van der Waals surface area contributed by atoms with E-state index in [0.717, 1.165) is 43.9 Å². The normalized spacial score (nSPS) is 21.5. The predicted octanol–water partition coefficient (Wildman–Crippen LogP) is 1.97. The van der Waals surface area contributed by atoms with E-state index in [1.165, 1.54) is 18.1 Å². The number of hydrogen-bond donors (Lipinski definition) is 4. The van der Waals surface area contributed by atoms with Crippen LogP contribution in [0.2, 0.25) is 0 Å². The molecule has 212 valence electrons. The van der Waals surface area contributed by atoms with E-state index >= 15 is 0 Å². The summed E-state index contributed by atoms with van der Waals surface area (Å²) in [6.07, 6.45) is 2.30. The summed E-state index contributed by atoms with van der Waals surface area (Å²) in [5, 5.41) is 13.8. The maximum atomic E-state index is 13.3. The van der Waals surface area contributed by atoms with Crippen molar-refractivity contribution in [3.05, 3.63) is 52.5 Å². The van der Waals surface area contributed by atoms with E-state index in [-0.39, 0.29) is 36.2 Å². The largest absolute Gasteiger partial charge is 0.497 e. The molecular weight excluding hydrogens is 514 g/mol. The van der Waals surface area contributed by atoms with Gasteiger partial charge in [0.15, 0.2) is 11.3 Å². The number of benzene rings is 1. The van der Waals surface area contributed by atoms with Crippen LogP contribution in [-0.2, 0) is 16.9 Å². The number of amidine groups is 1. The second-order valence-corrected chi connectivity index (χ2v) is 10.2. The minimum Gasteiger partial charge on any atom is -0.497 e. The highest BCUT2D eigenvalue weighted by atomic mass is 16.5. The van der Waals surface area contributed by atoms with E-state index < -0.39 is 17.5 Å². The SMILES string of the molecule is CCC(=Cc1oc(C2(CN3Cc4ccc(OC)cc4C3=O)NC(=O)NC2=O)cc1N)C(=N)N1CCN(CC)CC1. The fourth-order valence-electron chi connectivity index (χ4n) is 5.46. The Balaban J connectivity index is 1.43. The molecule has 3 aliphatic heterocycles. The van der Waals surface area contributed by atoms with Crippen LogP contribution < -0.4 is 21.1 Å². The number of urea groups is 1. The van der Waals surface area contributed by atoms with Crippen LogP contribution in [0.4, 0.5) is 10.5 Å². The Morgan fingerprint density at radius 3 is 2.55 bits per heavy atom. The van der Waals surface area contributed by atoms with Crippen LogP contribution in [0.3, 0.4) is 0 Å². The van der Waals surface area contributed by atoms with Gasteiger partial charge < -0.3 is 34.9 Å². The van der Waals surface area contributed by atoms with Gasteiger partial charge in [-0.3, -0.25) is 20.3 Å². The number of nitrogens with one attached hydrogen (secondary N) is 3. The number of furan rings is 1. The van der Waals surface area contributed by atoms with Gasteiger partial charge in [-0.1, -0.05) is 19.9 Å². The highest BCUT2D eigenvalue weighted by molar-refractivity contribution is 6.08. The number of piperazine rings is 1. The Labute approximate surface area is 232 Å². The lowest BCUT2D eigenvalue weighted by Gasteiger charge is -2.36. The second-order valence-electron chi connectivity index (χ2n) is 10.2. The summed E-state index contributed by atoms with van der Waals surface area (Å²) in [5.74, 6) is 0.438. The number of nitrogens with zero attached hydrogens (tertiary/aromatic N) is 3. The molecule has 5 rings (SSSR count). The molecule has 0 bridgehead atoms. The molecule has 12 heteroatoms. The van der Waals surface area contributed by atoms with Crippen molar-refractivity contribution in [3.63, 3.8) is 0 Å². The number of methoxy groups -OCH3 is 1. The summed E-state index contributed by atoms with van der Waals surface area (Å²) in [6.45, 7) is 8.48. The number of imide groups is 1. The molecule has 0 saturated carbocycles. The van der Waals surface area contributed by atoms with Gasteiger partial charge in [-0.15, -0.1) is 0 Å². The van der Waals surface area contributed by atoms with Gasteiger partial charge >= 0.3 is 6.03 Å². The number of hydrogen-bond acceptors (Lipinski definition) is 8. The molecular formula is C28H35N7O5. The van der Waals surface area contributed by atoms with Crippen molar-refractivity contribution >= 4 is 35.4 Å². The average molecular weight is 550 g/mol. The molecule has 3 aliphatic rings. The van der Waals surface area contributed by atoms with Gasteiger partial charge in [-0.25, -0.2) is 4.79 Å². The Morgan fingerprint density at radius 2 is 1.93 bits per heavy atom. The first-order chi connectivity index (χ1) is 19.2. The predicted molar refractivity (Wildman–Crippen MR) is 149 cm³/mol. The number of carbonyl (C=O) groups excluding carboxylic acids is 3. The molecule has 0 aliphatic carbocycles. The van der Waals surface area contributed by atoms with Crippen LogP contribution >= 0.6 is 0 Å². The second kappa shape index (κ2) is 10.7. The van der Waals surface area contributed by atoms with Gasteiger partial charge in [0.05, 0.1) is 19.3 Å². The van der Waals surface area contributed by atoms with Crippen LogP contribution in [-0.4, -0.2) is 84.8 Å². The van der Waals surface area contributed by atoms with Crippen molar-refractivity contribution in [1.29, 1.82) is 5.41 Å². The molecule has 2 aromatic rings. The third kappa shape index (κ3) is 4.79. The van der Waals surface area contributed by atoms with Crippen LogP contribution in [0, 0.1) is 5.41 Å². The van der Waals surface area contributed by atoms with E-state index in [0.29, 0.717) is 23.6 Å². The first kappa shape index (κ1) is 27.3. The topological polar surface area (TPSA) is 157 Å². The molecule has 4 amide bonds. The van der Waals surface area contributed by atoms with Crippen LogP contribution in [0.5, 0.6) is 5.75 Å². The van der Waals surface area contributed by atoms with E-state index in [1.807, 2.05) is 17.9 Å². The van der Waals surface area contributed by atoms with Crippen LogP contribution in [0.25, 0.3) is 6.08 Å². The summed E-state index contributed by atoms with van der Waals surface area (Å²) < 4.78 is 11.4. The van der Waals surface area contributed by atoms with E-state index in [1.54, 1.807) is 18.2 Å². The number of ether oxygens (including phenoxy) is 1. The summed E-state index contributed by atoms with van der Waals surface area (Å²) in [4.78, 5) is 44.7. The zero-order chi connectivity index (χ0) is 28.6. The monoisotopic (exact) mass is 549 g/mol. The third-order valence-electron chi connectivity index (χ3n) is 7.90. The van der Waals surface area contributed by atoms with Crippen LogP contribution in [0.15, 0.2) is 34.3 Å². The number of anilines is 1. The lowest BCUT2D eigenvalue weighted by atomic mass is 9.95. The molecule has 5 N–H and O–H groups in total. The molecule has 2 saturated heterocycles. The van der Waals surface area contributed by atoms with Gasteiger partial charge in [-0.2, -0.15) is 0 Å². The quantitative estimate of drug-likeness (QED) is 0.221. The van der Waals surface area contributed by atoms with E-state index in [9.17, 15) is 14.4 Å². The van der Waals surface area contributed by atoms with E-state index in [4.69, 9.17) is 20.3 Å². The minimum atomic E-state index is -1.67. The van der Waals surface area contributed by atoms with E-state index in [2.05, 4.69) is 22.5 Å². The number of likely N-dealkylation sites (N-methyl/N-ethyl adjacent to an activating group) is 1. The molecule has 0 spiro atoms. The number of fused-ring (bicyclic) bond motifs is 1. The third-order valence-corrected chi connectivity index (χ3v) is 7.90. The van der Waals surface area contributed by atoms with Crippen molar-refractivity contribution in [3.8, 4) is 5.75 Å². The fraction of sp³-hybridized carbons (Fsp3) is 0.429. The lowest BCUT2D eigenvalue weighted by Crippen LogP contribution is -2.52. The number of carbonyl (C=O) groups is 3. The molecule has 1 atom stereocenters. The van der Waals surface area contributed by atoms with Crippen molar-refractivity contribution in [1.82, 2.24) is 25.3 Å². The zero-order valence-electron chi connectivity index (χ0n) is 23.0. The van der Waals surface area contributed by atoms with Gasteiger partial charge in [0.1, 0.15) is 17.3 Å². The summed E-state index contributed by atoms with van der Waals surface area (Å²) >= 11 is 0. The summed E-state index contributed by atoms with van der Waals surface area (Å²) in [5.41, 5.74) is 6.94. The Hall–Kier alpha value is -4.32. The Kier molecular flexibility index (Phi) is 7.28.